The highest BCUT2D eigenvalue weighted by atomic mass is 16.5. The number of β-lactam (4-membered cyclic amide) rings is 1. The van der Waals surface area contributed by atoms with Crippen LogP contribution in [0.25, 0.3) is 0 Å². The summed E-state index contributed by atoms with van der Waals surface area (Å²) in [6.07, 6.45) is 4.90. The van der Waals surface area contributed by atoms with E-state index in [1.807, 2.05) is 29.2 Å². The second-order valence-corrected chi connectivity index (χ2v) is 6.86. The number of benzene rings is 1. The molecular formula is C18H23N5O3. The smallest absolute Gasteiger partial charge is 0.250 e. The zero-order valence-electron chi connectivity index (χ0n) is 14.8. The Labute approximate surface area is 152 Å². The maximum absolute atomic E-state index is 12.7. The van der Waals surface area contributed by atoms with Gasteiger partial charge >= 0.3 is 0 Å². The van der Waals surface area contributed by atoms with Crippen molar-refractivity contribution in [1.29, 1.82) is 0 Å². The molecule has 0 radical (unpaired) electrons. The van der Waals surface area contributed by atoms with Gasteiger partial charge < -0.3 is 14.4 Å². The number of carbonyl (C=O) groups is 1. The summed E-state index contributed by atoms with van der Waals surface area (Å²) in [5, 5.41) is 11.3. The molecule has 1 amide bonds. The lowest BCUT2D eigenvalue weighted by atomic mass is 9.88. The monoisotopic (exact) mass is 357 g/mol. The Bertz CT molecular complexity index is 730. The van der Waals surface area contributed by atoms with Crippen LogP contribution in [0.1, 0.15) is 36.9 Å². The van der Waals surface area contributed by atoms with Gasteiger partial charge in [0.15, 0.2) is 6.04 Å². The topological polar surface area (TPSA) is 82.4 Å². The maximum Gasteiger partial charge on any atom is 0.250 e. The average Bonchev–Trinajstić information content (AvgIpc) is 3.35. The predicted octanol–water partition coefficient (Wildman–Crippen LogP) is 1.62. The van der Waals surface area contributed by atoms with Crippen LogP contribution in [-0.4, -0.2) is 57.9 Å². The Morgan fingerprint density at radius 3 is 2.65 bits per heavy atom. The van der Waals surface area contributed by atoms with Crippen molar-refractivity contribution in [3.05, 3.63) is 36.2 Å². The highest BCUT2D eigenvalue weighted by Crippen LogP contribution is 2.43. The molecule has 8 heteroatoms. The van der Waals surface area contributed by atoms with Crippen molar-refractivity contribution < 1.29 is 14.3 Å². The van der Waals surface area contributed by atoms with Crippen LogP contribution >= 0.6 is 0 Å². The first kappa shape index (κ1) is 17.0. The second-order valence-electron chi connectivity index (χ2n) is 6.86. The fourth-order valence-electron chi connectivity index (χ4n) is 3.37. The van der Waals surface area contributed by atoms with Crippen LogP contribution in [0, 0.1) is 5.92 Å². The molecule has 2 aliphatic rings. The summed E-state index contributed by atoms with van der Waals surface area (Å²) < 4.78 is 12.5. The minimum absolute atomic E-state index is 0.0420. The van der Waals surface area contributed by atoms with Crippen molar-refractivity contribution in [2.75, 3.05) is 26.9 Å². The van der Waals surface area contributed by atoms with E-state index in [9.17, 15) is 4.79 Å². The summed E-state index contributed by atoms with van der Waals surface area (Å²) in [5.41, 5.74) is 1.05. The van der Waals surface area contributed by atoms with E-state index in [0.29, 0.717) is 13.2 Å². The molecule has 1 aromatic heterocycles. The maximum atomic E-state index is 12.7. The third-order valence-corrected chi connectivity index (χ3v) is 5.02. The number of hydrogen-bond donors (Lipinski definition) is 0. The van der Waals surface area contributed by atoms with Crippen molar-refractivity contribution in [2.45, 2.75) is 31.3 Å². The lowest BCUT2D eigenvalue weighted by molar-refractivity contribution is -0.156. The summed E-state index contributed by atoms with van der Waals surface area (Å²) in [6, 6.07) is 7.32. The molecule has 4 rings (SSSR count). The van der Waals surface area contributed by atoms with Gasteiger partial charge in [-0.25, -0.2) is 4.68 Å². The number of aromatic nitrogens is 4. The normalized spacial score (nSPS) is 22.3. The molecule has 1 aliphatic carbocycles. The molecule has 26 heavy (non-hydrogen) atoms. The van der Waals surface area contributed by atoms with Gasteiger partial charge in [-0.2, -0.15) is 0 Å². The van der Waals surface area contributed by atoms with Crippen LogP contribution in [0.3, 0.4) is 0 Å². The third-order valence-electron chi connectivity index (χ3n) is 5.02. The molecule has 0 N–H and O–H groups in total. The van der Waals surface area contributed by atoms with Crippen molar-refractivity contribution in [3.63, 3.8) is 0 Å². The summed E-state index contributed by atoms with van der Waals surface area (Å²) in [5.74, 6) is 1.59. The number of carbonyl (C=O) groups excluding carboxylic acids is 1. The number of tetrazole rings is 1. The van der Waals surface area contributed by atoms with Gasteiger partial charge in [-0.05, 0) is 53.3 Å². The SMILES string of the molecule is COc1ccc([C@H]2[C@@H](n3cnnn3)C(=O)N2CCCOCC2CC2)cc1. The van der Waals surface area contributed by atoms with E-state index >= 15 is 0 Å². The number of nitrogens with zero attached hydrogens (tertiary/aromatic N) is 5. The molecule has 1 aliphatic heterocycles. The highest BCUT2D eigenvalue weighted by Gasteiger charge is 2.49. The van der Waals surface area contributed by atoms with E-state index in [1.165, 1.54) is 23.9 Å². The Kier molecular flexibility index (Phi) is 4.83. The highest BCUT2D eigenvalue weighted by molar-refractivity contribution is 5.88. The van der Waals surface area contributed by atoms with E-state index in [-0.39, 0.29) is 11.9 Å². The average molecular weight is 357 g/mol. The molecule has 0 spiro atoms. The molecule has 1 saturated carbocycles. The number of likely N-dealkylation sites (tertiary alicyclic amines) is 1. The van der Waals surface area contributed by atoms with Crippen molar-refractivity contribution >= 4 is 5.91 Å². The summed E-state index contributed by atoms with van der Waals surface area (Å²) in [7, 11) is 1.64. The number of methoxy groups -OCH3 is 1. The predicted molar refractivity (Wildman–Crippen MR) is 92.5 cm³/mol. The molecule has 1 saturated heterocycles. The van der Waals surface area contributed by atoms with Gasteiger partial charge in [-0.1, -0.05) is 12.1 Å². The van der Waals surface area contributed by atoms with Gasteiger partial charge in [0, 0.05) is 19.8 Å². The van der Waals surface area contributed by atoms with Gasteiger partial charge in [0.25, 0.3) is 5.91 Å². The van der Waals surface area contributed by atoms with Gasteiger partial charge in [-0.15, -0.1) is 5.10 Å². The minimum Gasteiger partial charge on any atom is -0.497 e. The van der Waals surface area contributed by atoms with Gasteiger partial charge in [-0.3, -0.25) is 4.79 Å². The molecule has 2 aromatic rings. The molecule has 2 atom stereocenters. The van der Waals surface area contributed by atoms with E-state index < -0.39 is 6.04 Å². The van der Waals surface area contributed by atoms with Crippen LogP contribution in [0.5, 0.6) is 5.75 Å². The lowest BCUT2D eigenvalue weighted by Gasteiger charge is -2.47. The first-order chi connectivity index (χ1) is 12.8. The third kappa shape index (κ3) is 3.41. The van der Waals surface area contributed by atoms with E-state index in [2.05, 4.69) is 15.5 Å². The van der Waals surface area contributed by atoms with Crippen molar-refractivity contribution in [2.24, 2.45) is 5.92 Å². The van der Waals surface area contributed by atoms with Crippen LogP contribution in [0.15, 0.2) is 30.6 Å². The van der Waals surface area contributed by atoms with Crippen molar-refractivity contribution in [1.82, 2.24) is 25.1 Å². The Hall–Kier alpha value is -2.48. The quantitative estimate of drug-likeness (QED) is 0.501. The standard InChI is InChI=1S/C18H23N5O3/c1-25-15-7-5-14(6-8-15)16-17(23-12-19-20-21-23)18(24)22(16)9-2-10-26-11-13-3-4-13/h5-8,12-13,16-17H,2-4,9-11H2,1H3/t16-,17+/m0/s1. The first-order valence-corrected chi connectivity index (χ1v) is 9.02. The van der Waals surface area contributed by atoms with Crippen molar-refractivity contribution in [3.8, 4) is 5.75 Å². The van der Waals surface area contributed by atoms with Gasteiger partial charge in [0.2, 0.25) is 0 Å². The van der Waals surface area contributed by atoms with Gasteiger partial charge in [0.05, 0.1) is 13.2 Å². The van der Waals surface area contributed by atoms with Gasteiger partial charge in [0.1, 0.15) is 12.1 Å². The zero-order chi connectivity index (χ0) is 17.9. The minimum atomic E-state index is -0.397. The fraction of sp³-hybridized carbons (Fsp3) is 0.556. The summed E-state index contributed by atoms with van der Waals surface area (Å²) in [6.45, 7) is 2.20. The first-order valence-electron chi connectivity index (χ1n) is 9.02. The Morgan fingerprint density at radius 2 is 2.00 bits per heavy atom. The largest absolute Gasteiger partial charge is 0.497 e. The van der Waals surface area contributed by atoms with Crippen LogP contribution in [0.4, 0.5) is 0 Å². The molecule has 1 aromatic carbocycles. The second kappa shape index (κ2) is 7.41. The molecule has 2 heterocycles. The van der Waals surface area contributed by atoms with E-state index in [4.69, 9.17) is 9.47 Å². The number of amides is 1. The molecule has 138 valence electrons. The molecule has 2 fully saturated rings. The molecule has 0 unspecified atom stereocenters. The van der Waals surface area contributed by atoms with Crippen LogP contribution in [0.2, 0.25) is 0 Å². The fourth-order valence-corrected chi connectivity index (χ4v) is 3.37. The van der Waals surface area contributed by atoms with E-state index in [0.717, 1.165) is 30.3 Å². The van der Waals surface area contributed by atoms with Crippen LogP contribution < -0.4 is 4.74 Å². The summed E-state index contributed by atoms with van der Waals surface area (Å²) >= 11 is 0. The molecular weight excluding hydrogens is 334 g/mol. The Morgan fingerprint density at radius 1 is 1.19 bits per heavy atom. The van der Waals surface area contributed by atoms with Crippen LogP contribution in [-0.2, 0) is 9.53 Å². The Balaban J connectivity index is 1.43. The lowest BCUT2D eigenvalue weighted by Crippen LogP contribution is -2.56. The molecule has 8 nitrogen and oxygen atoms in total. The number of hydrogen-bond acceptors (Lipinski definition) is 6. The molecule has 0 bridgehead atoms. The number of rotatable bonds is 9. The summed E-state index contributed by atoms with van der Waals surface area (Å²) in [4.78, 5) is 14.6. The van der Waals surface area contributed by atoms with E-state index in [1.54, 1.807) is 7.11 Å². The zero-order valence-corrected chi connectivity index (χ0v) is 14.8. The number of ether oxygens (including phenoxy) is 2.